The Hall–Kier alpha value is -2.71. The van der Waals surface area contributed by atoms with Crippen LogP contribution < -0.4 is 15.5 Å². The molecule has 2 atom stereocenters. The minimum atomic E-state index is -2.54. The van der Waals surface area contributed by atoms with Gasteiger partial charge >= 0.3 is 0 Å². The van der Waals surface area contributed by atoms with Crippen LogP contribution in [0.2, 0.25) is 0 Å². The Morgan fingerprint density at radius 3 is 2.73 bits per heavy atom. The zero-order chi connectivity index (χ0) is 20.9. The van der Waals surface area contributed by atoms with Gasteiger partial charge in [-0.2, -0.15) is 5.10 Å². The van der Waals surface area contributed by atoms with Crippen LogP contribution in [-0.2, 0) is 17.9 Å². The summed E-state index contributed by atoms with van der Waals surface area (Å²) in [6, 6.07) is 1.68. The van der Waals surface area contributed by atoms with Crippen LogP contribution in [0.3, 0.4) is 0 Å². The summed E-state index contributed by atoms with van der Waals surface area (Å²) >= 11 is 0. The molecule has 9 heteroatoms. The molecule has 3 heterocycles. The summed E-state index contributed by atoms with van der Waals surface area (Å²) in [7, 11) is 1.92. The molecule has 7 nitrogen and oxygen atoms in total. The number of anilines is 3. The molecule has 0 saturated heterocycles. The largest absolute Gasteiger partial charge is 0.366 e. The normalized spacial score (nSPS) is 21.7. The molecule has 164 valence electrons. The van der Waals surface area contributed by atoms with Gasteiger partial charge in [0.05, 0.1) is 23.3 Å². The van der Waals surface area contributed by atoms with Crippen molar-refractivity contribution in [3.63, 3.8) is 0 Å². The molecule has 1 amide bonds. The van der Waals surface area contributed by atoms with Gasteiger partial charge in [0.2, 0.25) is 5.91 Å². The molecular weight excluding hydrogens is 390 g/mol. The number of halogens is 2. The van der Waals surface area contributed by atoms with Crippen molar-refractivity contribution in [1.82, 2.24) is 14.8 Å². The molecule has 1 fully saturated rings. The first kappa shape index (κ1) is 22.0. The molecule has 2 aliphatic rings. The fraction of sp³-hybridized carbons (Fsp3) is 0.571. The molecule has 2 N–H and O–H groups in total. The molecule has 2 aromatic rings. The van der Waals surface area contributed by atoms with Gasteiger partial charge in [0.25, 0.3) is 5.92 Å². The van der Waals surface area contributed by atoms with Crippen molar-refractivity contribution in [1.29, 1.82) is 0 Å². The predicted molar refractivity (Wildman–Crippen MR) is 114 cm³/mol. The molecule has 0 radical (unpaired) electrons. The maximum absolute atomic E-state index is 13.1. The Morgan fingerprint density at radius 2 is 2.10 bits per heavy atom. The highest BCUT2D eigenvalue weighted by atomic mass is 19.3. The minimum Gasteiger partial charge on any atom is -0.366 e. The minimum absolute atomic E-state index is 0. The molecule has 0 spiro atoms. The van der Waals surface area contributed by atoms with Gasteiger partial charge in [-0.1, -0.05) is 21.3 Å². The summed E-state index contributed by atoms with van der Waals surface area (Å²) in [6.07, 6.45) is 3.41. The molecule has 1 unspecified atom stereocenters. The van der Waals surface area contributed by atoms with E-state index in [-0.39, 0.29) is 38.3 Å². The first-order valence-corrected chi connectivity index (χ1v) is 9.84. The molecule has 1 aliphatic carbocycles. The van der Waals surface area contributed by atoms with E-state index in [1.165, 1.54) is 0 Å². The van der Waals surface area contributed by atoms with E-state index in [1.54, 1.807) is 17.1 Å². The second kappa shape index (κ2) is 7.85. The molecular formula is C21H30F2N6O. The number of aromatic nitrogens is 3. The van der Waals surface area contributed by atoms with Crippen LogP contribution in [0.1, 0.15) is 39.0 Å². The topological polar surface area (TPSA) is 75.1 Å². The summed E-state index contributed by atoms with van der Waals surface area (Å²) in [5.74, 6) is -2.30. The molecule has 4 rings (SSSR count). The third kappa shape index (κ3) is 4.11. The van der Waals surface area contributed by atoms with Crippen LogP contribution in [0.25, 0.3) is 0 Å². The number of likely N-dealkylation sites (N-methyl/N-ethyl adjacent to an activating group) is 1. The number of alkyl halides is 2. The van der Waals surface area contributed by atoms with Gasteiger partial charge in [0.1, 0.15) is 11.9 Å². The Labute approximate surface area is 175 Å². The van der Waals surface area contributed by atoms with Crippen molar-refractivity contribution in [2.45, 2.75) is 59.7 Å². The third-order valence-electron chi connectivity index (χ3n) is 5.65. The van der Waals surface area contributed by atoms with Crippen LogP contribution >= 0.6 is 0 Å². The van der Waals surface area contributed by atoms with Crippen molar-refractivity contribution in [3.8, 4) is 0 Å². The van der Waals surface area contributed by atoms with Crippen LogP contribution in [0.5, 0.6) is 0 Å². The SMILES string of the molecule is C.Cc1nc(NCc2cnn(CC3CC3(F)F)c2)cc2c1NC(=O)[C@H](C(C)C)N2C. The number of hydrogen-bond acceptors (Lipinski definition) is 5. The number of hydrogen-bond donors (Lipinski definition) is 2. The number of aryl methyl sites for hydroxylation is 1. The number of amides is 1. The van der Waals surface area contributed by atoms with Crippen molar-refractivity contribution in [2.24, 2.45) is 11.8 Å². The number of pyridine rings is 1. The van der Waals surface area contributed by atoms with E-state index in [1.807, 2.05) is 38.8 Å². The van der Waals surface area contributed by atoms with E-state index in [0.29, 0.717) is 12.4 Å². The maximum atomic E-state index is 13.1. The molecule has 30 heavy (non-hydrogen) atoms. The second-order valence-electron chi connectivity index (χ2n) is 8.36. The van der Waals surface area contributed by atoms with Crippen molar-refractivity contribution in [2.75, 3.05) is 22.6 Å². The summed E-state index contributed by atoms with van der Waals surface area (Å²) in [4.78, 5) is 19.0. The van der Waals surface area contributed by atoms with Crippen molar-refractivity contribution in [3.05, 3.63) is 29.7 Å². The lowest BCUT2D eigenvalue weighted by atomic mass is 9.98. The Morgan fingerprint density at radius 1 is 1.40 bits per heavy atom. The molecule has 2 aromatic heterocycles. The van der Waals surface area contributed by atoms with E-state index >= 15 is 0 Å². The monoisotopic (exact) mass is 420 g/mol. The number of nitrogens with one attached hydrogen (secondary N) is 2. The Kier molecular flexibility index (Phi) is 5.75. The Bertz CT molecular complexity index is 942. The second-order valence-corrected chi connectivity index (χ2v) is 8.36. The quantitative estimate of drug-likeness (QED) is 0.741. The summed E-state index contributed by atoms with van der Waals surface area (Å²) in [6.45, 7) is 6.63. The first-order valence-electron chi connectivity index (χ1n) is 9.84. The lowest BCUT2D eigenvalue weighted by Gasteiger charge is -2.38. The summed E-state index contributed by atoms with van der Waals surface area (Å²) < 4.78 is 27.7. The third-order valence-corrected chi connectivity index (χ3v) is 5.65. The summed E-state index contributed by atoms with van der Waals surface area (Å²) in [5, 5.41) is 10.4. The molecule has 0 bridgehead atoms. The average Bonchev–Trinajstić information content (AvgIpc) is 3.00. The highest BCUT2D eigenvalue weighted by Gasteiger charge is 2.56. The number of carbonyl (C=O) groups excluding carboxylic acids is 1. The van der Waals surface area contributed by atoms with Crippen molar-refractivity contribution < 1.29 is 13.6 Å². The summed E-state index contributed by atoms with van der Waals surface area (Å²) in [5.41, 5.74) is 3.29. The van der Waals surface area contributed by atoms with Crippen LogP contribution in [0.15, 0.2) is 18.5 Å². The smallest absolute Gasteiger partial charge is 0.253 e. The fourth-order valence-electron chi connectivity index (χ4n) is 3.94. The average molecular weight is 421 g/mol. The van der Waals surface area contributed by atoms with Gasteiger partial charge in [-0.05, 0) is 12.8 Å². The fourth-order valence-corrected chi connectivity index (χ4v) is 3.94. The van der Waals surface area contributed by atoms with E-state index in [9.17, 15) is 13.6 Å². The van der Waals surface area contributed by atoms with Gasteiger partial charge < -0.3 is 15.5 Å². The lowest BCUT2D eigenvalue weighted by molar-refractivity contribution is -0.118. The van der Waals surface area contributed by atoms with Gasteiger partial charge in [-0.25, -0.2) is 13.8 Å². The maximum Gasteiger partial charge on any atom is 0.253 e. The van der Waals surface area contributed by atoms with Gasteiger partial charge in [0, 0.05) is 50.3 Å². The van der Waals surface area contributed by atoms with Gasteiger partial charge in [0.15, 0.2) is 0 Å². The van der Waals surface area contributed by atoms with Crippen LogP contribution in [0, 0.1) is 18.8 Å². The number of fused-ring (bicyclic) bond motifs is 1. The number of rotatable bonds is 6. The predicted octanol–water partition coefficient (Wildman–Crippen LogP) is 3.90. The number of nitrogens with zero attached hydrogens (tertiary/aromatic N) is 4. The molecule has 1 aliphatic heterocycles. The van der Waals surface area contributed by atoms with E-state index in [4.69, 9.17) is 0 Å². The Balaban J connectivity index is 0.00000256. The van der Waals surface area contributed by atoms with Crippen LogP contribution in [-0.4, -0.2) is 39.7 Å². The highest BCUT2D eigenvalue weighted by molar-refractivity contribution is 6.04. The van der Waals surface area contributed by atoms with Crippen molar-refractivity contribution >= 4 is 23.1 Å². The lowest BCUT2D eigenvalue weighted by Crippen LogP contribution is -2.49. The highest BCUT2D eigenvalue weighted by Crippen LogP contribution is 2.49. The van der Waals surface area contributed by atoms with E-state index in [0.717, 1.165) is 22.6 Å². The van der Waals surface area contributed by atoms with Crippen LogP contribution in [0.4, 0.5) is 26.0 Å². The van der Waals surface area contributed by atoms with Gasteiger partial charge in [-0.3, -0.25) is 9.48 Å². The number of carbonyl (C=O) groups is 1. The zero-order valence-corrected chi connectivity index (χ0v) is 17.0. The molecule has 1 saturated carbocycles. The van der Waals surface area contributed by atoms with E-state index < -0.39 is 11.8 Å². The van der Waals surface area contributed by atoms with E-state index in [2.05, 4.69) is 20.7 Å². The zero-order valence-electron chi connectivity index (χ0n) is 17.0. The standard InChI is InChI=1S/C20H26F2N6O.CH4/c1-11(2)18-19(29)26-17-12(3)25-16(5-15(17)27(18)4)23-7-13-8-24-28(9-13)10-14-6-20(14,21)22;/h5,8-9,11,14,18H,6-7,10H2,1-4H3,(H,23,25)(H,26,29);1H4/t14?,18-;/m0./s1. The first-order chi connectivity index (χ1) is 13.7. The molecule has 0 aromatic carbocycles. The van der Waals surface area contributed by atoms with Gasteiger partial charge in [-0.15, -0.1) is 0 Å².